The van der Waals surface area contributed by atoms with Crippen LogP contribution >= 0.6 is 0 Å². The minimum absolute atomic E-state index is 0.0124. The molecule has 5 atom stereocenters. The van der Waals surface area contributed by atoms with Gasteiger partial charge >= 0.3 is 6.09 Å². The van der Waals surface area contributed by atoms with E-state index in [1.165, 1.54) is 29.6 Å². The van der Waals surface area contributed by atoms with Gasteiger partial charge in [0.2, 0.25) is 0 Å². The Morgan fingerprint density at radius 1 is 1.18 bits per heavy atom. The summed E-state index contributed by atoms with van der Waals surface area (Å²) in [7, 11) is 0. The fourth-order valence-electron chi connectivity index (χ4n) is 7.16. The zero-order valence-electron chi connectivity index (χ0n) is 20.8. The summed E-state index contributed by atoms with van der Waals surface area (Å²) in [6, 6.07) is 4.24. The molecule has 0 bridgehead atoms. The molecule has 0 aromatic carbocycles. The topological polar surface area (TPSA) is 51.2 Å². The molecule has 1 heterocycles. The second-order valence-electron chi connectivity index (χ2n) is 12.1. The van der Waals surface area contributed by atoms with Crippen LogP contribution in [0.1, 0.15) is 78.7 Å². The van der Waals surface area contributed by atoms with Gasteiger partial charge in [0.1, 0.15) is 6.10 Å². The second kappa shape index (κ2) is 7.85. The Bertz CT molecular complexity index is 1030. The molecule has 4 heteroatoms. The Balaban J connectivity index is 1.33. The van der Waals surface area contributed by atoms with Gasteiger partial charge in [-0.1, -0.05) is 49.3 Å². The molecule has 0 aliphatic heterocycles. The molecule has 0 spiro atoms. The zero-order valence-corrected chi connectivity index (χ0v) is 20.8. The van der Waals surface area contributed by atoms with Crippen LogP contribution < -0.4 is 5.32 Å². The van der Waals surface area contributed by atoms with E-state index < -0.39 is 0 Å². The molecule has 1 N–H and O–H groups in total. The molecule has 2 saturated carbocycles. The number of nitrogens with one attached hydrogen (secondary N) is 1. The molecular weight excluding hydrogens is 408 g/mol. The molecule has 4 aliphatic rings. The van der Waals surface area contributed by atoms with Crippen molar-refractivity contribution in [2.45, 2.75) is 84.8 Å². The van der Waals surface area contributed by atoms with Crippen LogP contribution in [0.4, 0.5) is 4.79 Å². The number of carbonyl (C=O) groups is 1. The predicted octanol–water partition coefficient (Wildman–Crippen LogP) is 6.85. The molecule has 1 aromatic heterocycles. The van der Waals surface area contributed by atoms with E-state index in [0.29, 0.717) is 11.8 Å². The number of ether oxygens (including phenoxy) is 1. The third-order valence-corrected chi connectivity index (χ3v) is 8.83. The molecule has 1 aromatic rings. The van der Waals surface area contributed by atoms with E-state index in [1.54, 1.807) is 5.57 Å². The highest BCUT2D eigenvalue weighted by Gasteiger charge is 2.54. The number of allylic oxidation sites excluding steroid dienone is 5. The lowest BCUT2D eigenvalue weighted by molar-refractivity contribution is 0.0230. The van der Waals surface area contributed by atoms with Crippen LogP contribution in [0.15, 0.2) is 53.9 Å². The first-order valence-corrected chi connectivity index (χ1v) is 12.6. The van der Waals surface area contributed by atoms with E-state index in [-0.39, 0.29) is 28.6 Å². The van der Waals surface area contributed by atoms with Crippen LogP contribution in [0.25, 0.3) is 5.57 Å². The van der Waals surface area contributed by atoms with Gasteiger partial charge < -0.3 is 10.1 Å². The molecule has 5 rings (SSSR count). The van der Waals surface area contributed by atoms with Gasteiger partial charge in [0, 0.05) is 29.8 Å². The van der Waals surface area contributed by atoms with Crippen LogP contribution in [0.3, 0.4) is 0 Å². The number of alkyl carbamates (subject to hydrolysis) is 1. The van der Waals surface area contributed by atoms with Gasteiger partial charge in [-0.3, -0.25) is 4.98 Å². The lowest BCUT2D eigenvalue weighted by Crippen LogP contribution is -2.48. The fourth-order valence-corrected chi connectivity index (χ4v) is 7.16. The van der Waals surface area contributed by atoms with Crippen molar-refractivity contribution < 1.29 is 9.53 Å². The van der Waals surface area contributed by atoms with Gasteiger partial charge in [0.15, 0.2) is 0 Å². The first kappa shape index (κ1) is 22.4. The number of rotatable bonds is 2. The van der Waals surface area contributed by atoms with E-state index in [1.807, 2.05) is 39.2 Å². The second-order valence-corrected chi connectivity index (χ2v) is 12.1. The van der Waals surface area contributed by atoms with Crippen LogP contribution in [-0.2, 0) is 4.74 Å². The minimum Gasteiger partial charge on any atom is -0.446 e. The smallest absolute Gasteiger partial charge is 0.407 e. The van der Waals surface area contributed by atoms with Crippen molar-refractivity contribution in [3.8, 4) is 0 Å². The summed E-state index contributed by atoms with van der Waals surface area (Å²) < 4.78 is 5.83. The van der Waals surface area contributed by atoms with Gasteiger partial charge in [0.25, 0.3) is 0 Å². The summed E-state index contributed by atoms with van der Waals surface area (Å²) in [5.74, 6) is 1.27. The zero-order chi connectivity index (χ0) is 23.4. The Morgan fingerprint density at radius 2 is 2.00 bits per heavy atom. The Hall–Kier alpha value is -2.36. The number of carbonyl (C=O) groups excluding carboxylic acids is 1. The van der Waals surface area contributed by atoms with Crippen molar-refractivity contribution >= 4 is 11.7 Å². The van der Waals surface area contributed by atoms with Gasteiger partial charge in [-0.05, 0) is 87.3 Å². The number of hydrogen-bond acceptors (Lipinski definition) is 3. The predicted molar refractivity (Wildman–Crippen MR) is 132 cm³/mol. The first-order chi connectivity index (χ1) is 15.6. The average molecular weight is 447 g/mol. The van der Waals surface area contributed by atoms with Crippen LogP contribution in [-0.4, -0.2) is 22.7 Å². The maximum atomic E-state index is 12.3. The highest BCUT2D eigenvalue weighted by Crippen LogP contribution is 2.64. The summed E-state index contributed by atoms with van der Waals surface area (Å²) in [6.07, 6.45) is 17.3. The van der Waals surface area contributed by atoms with Crippen molar-refractivity contribution in [1.82, 2.24) is 10.3 Å². The molecular formula is C29H38N2O2. The maximum absolute atomic E-state index is 12.3. The highest BCUT2D eigenvalue weighted by atomic mass is 16.6. The molecule has 0 radical (unpaired) electrons. The number of aromatic nitrogens is 1. The van der Waals surface area contributed by atoms with Crippen molar-refractivity contribution in [2.24, 2.45) is 22.7 Å². The Morgan fingerprint density at radius 3 is 2.73 bits per heavy atom. The molecule has 5 unspecified atom stereocenters. The fraction of sp³-hybridized carbons (Fsp3) is 0.586. The van der Waals surface area contributed by atoms with Crippen LogP contribution in [0.2, 0.25) is 0 Å². The standard InChI is InChI=1S/C29H38N2O2/c1-27(2,3)31-26(32)33-21-12-14-28(4)20(17-21)8-9-22-24-11-10-23(19-7-6-16-30-18-19)29(24,5)15-13-25(22)28/h6-8,10-11,16,18,21-22,25H,9,12-15,17H2,1-5H3,(H,31,32). The third kappa shape index (κ3) is 3.86. The van der Waals surface area contributed by atoms with E-state index in [4.69, 9.17) is 4.74 Å². The lowest BCUT2D eigenvalue weighted by Gasteiger charge is -2.56. The van der Waals surface area contributed by atoms with Crippen molar-refractivity contribution in [3.05, 3.63) is 59.5 Å². The van der Waals surface area contributed by atoms with Crippen LogP contribution in [0, 0.1) is 22.7 Å². The summed E-state index contributed by atoms with van der Waals surface area (Å²) >= 11 is 0. The molecule has 2 fully saturated rings. The van der Waals surface area contributed by atoms with Crippen molar-refractivity contribution in [3.63, 3.8) is 0 Å². The summed E-state index contributed by atoms with van der Waals surface area (Å²) in [6.45, 7) is 10.9. The van der Waals surface area contributed by atoms with E-state index in [0.717, 1.165) is 25.7 Å². The van der Waals surface area contributed by atoms with Gasteiger partial charge in [-0.2, -0.15) is 0 Å². The molecule has 0 saturated heterocycles. The van der Waals surface area contributed by atoms with E-state index in [9.17, 15) is 4.79 Å². The number of amides is 1. The molecule has 33 heavy (non-hydrogen) atoms. The lowest BCUT2D eigenvalue weighted by atomic mass is 9.49. The average Bonchev–Trinajstić information content (AvgIpc) is 3.10. The monoisotopic (exact) mass is 446 g/mol. The summed E-state index contributed by atoms with van der Waals surface area (Å²) in [5, 5.41) is 2.94. The SMILES string of the molecule is CC(C)(C)NC(=O)OC1CCC2(C)C(=CCC3C4=CC=C(c5cccnc5)C4(C)CCC32)C1. The van der Waals surface area contributed by atoms with Gasteiger partial charge in [0.05, 0.1) is 0 Å². The maximum Gasteiger partial charge on any atom is 0.407 e. The number of hydrogen-bond donors (Lipinski definition) is 1. The first-order valence-electron chi connectivity index (χ1n) is 12.6. The molecule has 4 nitrogen and oxygen atoms in total. The minimum atomic E-state index is -0.288. The number of pyridine rings is 1. The quantitative estimate of drug-likeness (QED) is 0.505. The number of nitrogens with zero attached hydrogens (tertiary/aromatic N) is 1. The van der Waals surface area contributed by atoms with Crippen molar-refractivity contribution in [2.75, 3.05) is 0 Å². The van der Waals surface area contributed by atoms with Gasteiger partial charge in [-0.15, -0.1) is 0 Å². The summed E-state index contributed by atoms with van der Waals surface area (Å²) in [5.41, 5.74) is 5.90. The van der Waals surface area contributed by atoms with Crippen molar-refractivity contribution in [1.29, 1.82) is 0 Å². The normalized spacial score (nSPS) is 35.3. The molecule has 4 aliphatic carbocycles. The Kier molecular flexibility index (Phi) is 5.34. The highest BCUT2D eigenvalue weighted by molar-refractivity contribution is 5.78. The number of fused-ring (bicyclic) bond motifs is 5. The molecule has 1 amide bonds. The van der Waals surface area contributed by atoms with Gasteiger partial charge in [-0.25, -0.2) is 4.79 Å². The largest absolute Gasteiger partial charge is 0.446 e. The Labute approximate surface area is 198 Å². The van der Waals surface area contributed by atoms with E-state index >= 15 is 0 Å². The summed E-state index contributed by atoms with van der Waals surface area (Å²) in [4.78, 5) is 16.7. The molecule has 176 valence electrons. The van der Waals surface area contributed by atoms with Crippen LogP contribution in [0.5, 0.6) is 0 Å². The third-order valence-electron chi connectivity index (χ3n) is 8.83. The van der Waals surface area contributed by atoms with E-state index in [2.05, 4.69) is 48.4 Å².